The Labute approximate surface area is 127 Å². The second-order valence-corrected chi connectivity index (χ2v) is 8.45. The molecule has 1 unspecified atom stereocenters. The third kappa shape index (κ3) is 2.47. The lowest BCUT2D eigenvalue weighted by molar-refractivity contribution is 0.482. The Hall–Kier alpha value is -1.63. The molecule has 22 heavy (non-hydrogen) atoms. The minimum atomic E-state index is -4.73. The van der Waals surface area contributed by atoms with E-state index in [-0.39, 0.29) is 10.8 Å². The Bertz CT molecular complexity index is 1130. The fraction of sp³-hybridized carbons (Fsp3) is 0. The van der Waals surface area contributed by atoms with E-state index in [2.05, 4.69) is 4.37 Å². The molecule has 1 aromatic heterocycles. The normalized spacial score (nSPS) is 13.9. The van der Waals surface area contributed by atoms with Crippen molar-refractivity contribution in [3.8, 4) is 0 Å². The molecule has 0 aliphatic heterocycles. The molecule has 0 saturated carbocycles. The van der Waals surface area contributed by atoms with Gasteiger partial charge < -0.3 is 0 Å². The average Bonchev–Trinajstić information content (AvgIpc) is 2.75. The number of nitrogen functional groups attached to an aromatic ring is 1. The predicted molar refractivity (Wildman–Crippen MR) is 81.5 cm³/mol. The first-order valence-corrected chi connectivity index (χ1v) is 9.86. The lowest BCUT2D eigenvalue weighted by Gasteiger charge is -2.07. The van der Waals surface area contributed by atoms with Crippen molar-refractivity contribution in [3.63, 3.8) is 0 Å². The van der Waals surface area contributed by atoms with Crippen molar-refractivity contribution in [1.29, 1.82) is 0 Å². The molecule has 8 nitrogen and oxygen atoms in total. The van der Waals surface area contributed by atoms with Gasteiger partial charge in [-0.05, 0) is 28.0 Å². The molecule has 11 heteroatoms. The molecule has 4 N–H and O–H groups in total. The molecule has 0 radical (unpaired) electrons. The minimum absolute atomic E-state index is 0.108. The molecule has 0 fully saturated rings. The smallest absolute Gasteiger partial charge is 0.282 e. The van der Waals surface area contributed by atoms with E-state index in [0.29, 0.717) is 17.0 Å². The molecule has 1 heterocycles. The summed E-state index contributed by atoms with van der Waals surface area (Å²) in [5, 5.41) is 7.94. The van der Waals surface area contributed by atoms with Gasteiger partial charge in [-0.15, -0.1) is 5.14 Å². The van der Waals surface area contributed by atoms with Gasteiger partial charge in [-0.1, -0.05) is 6.07 Å². The summed E-state index contributed by atoms with van der Waals surface area (Å²) >= 11 is 0. The van der Waals surface area contributed by atoms with Crippen LogP contribution in [0.5, 0.6) is 0 Å². The van der Waals surface area contributed by atoms with Gasteiger partial charge in [-0.2, -0.15) is 16.8 Å². The number of benzene rings is 2. The second kappa shape index (κ2) is 4.68. The first kappa shape index (κ1) is 15.3. The zero-order valence-electron chi connectivity index (χ0n) is 10.7. The number of aromatic nitrogens is 1. The standard InChI is InChI=1S/C11H8N2O6S3/c12-20-5-8-9(13-20)2-1-6-3-7(21(14,15)16)4-10(11(6)8)22(17,18)19/h1-5,12H,(H,14,15,16)(H,17,18,19)/p+1. The number of hydrogen-bond acceptors (Lipinski definition) is 6. The van der Waals surface area contributed by atoms with Gasteiger partial charge in [-0.3, -0.25) is 9.11 Å². The molecule has 116 valence electrons. The second-order valence-electron chi connectivity index (χ2n) is 4.52. The SMILES string of the molecule is N[s+]1cc2c(ccc3cc(S(=O)(=O)O)cc(S(=O)(=O)O)c32)n1. The summed E-state index contributed by atoms with van der Waals surface area (Å²) in [5.74, 6) is 0. The van der Waals surface area contributed by atoms with Crippen LogP contribution in [0.3, 0.4) is 0 Å². The lowest BCUT2D eigenvalue weighted by atomic mass is 10.1. The fourth-order valence-corrected chi connectivity index (χ4v) is 4.53. The number of nitrogens with two attached hydrogens (primary N) is 1. The highest BCUT2D eigenvalue weighted by Gasteiger charge is 2.23. The highest BCUT2D eigenvalue weighted by molar-refractivity contribution is 7.86. The number of fused-ring (bicyclic) bond motifs is 3. The average molecular weight is 361 g/mol. The topological polar surface area (TPSA) is 148 Å². The van der Waals surface area contributed by atoms with E-state index in [1.807, 2.05) is 0 Å². The Balaban J connectivity index is 2.62. The quantitative estimate of drug-likeness (QED) is 0.457. The van der Waals surface area contributed by atoms with Crippen molar-refractivity contribution in [1.82, 2.24) is 4.37 Å². The van der Waals surface area contributed by atoms with Crippen LogP contribution in [0.2, 0.25) is 0 Å². The van der Waals surface area contributed by atoms with E-state index in [9.17, 15) is 21.4 Å². The maximum absolute atomic E-state index is 11.6. The lowest BCUT2D eigenvalue weighted by Crippen LogP contribution is -2.04. The molecule has 2 aromatic carbocycles. The summed E-state index contributed by atoms with van der Waals surface area (Å²) in [6.45, 7) is 0. The molecule has 0 amide bonds. The van der Waals surface area contributed by atoms with Crippen molar-refractivity contribution in [2.24, 2.45) is 0 Å². The summed E-state index contributed by atoms with van der Waals surface area (Å²) < 4.78 is 68.4. The number of hydrogen-bond donors (Lipinski definition) is 3. The van der Waals surface area contributed by atoms with E-state index in [0.717, 1.165) is 6.07 Å². The van der Waals surface area contributed by atoms with Crippen molar-refractivity contribution in [2.45, 2.75) is 9.79 Å². The monoisotopic (exact) mass is 361 g/mol. The van der Waals surface area contributed by atoms with Gasteiger partial charge >= 0.3 is 0 Å². The Morgan fingerprint density at radius 3 is 2.32 bits per heavy atom. The van der Waals surface area contributed by atoms with E-state index in [4.69, 9.17) is 9.69 Å². The highest BCUT2D eigenvalue weighted by Crippen LogP contribution is 2.34. The molecular weight excluding hydrogens is 352 g/mol. The van der Waals surface area contributed by atoms with Crippen LogP contribution in [-0.2, 0) is 20.2 Å². The van der Waals surface area contributed by atoms with Crippen LogP contribution in [0.1, 0.15) is 0 Å². The third-order valence-electron chi connectivity index (χ3n) is 3.09. The molecular formula is C11H9N2O6S3+. The van der Waals surface area contributed by atoms with Crippen LogP contribution in [0.4, 0.5) is 0 Å². The first-order valence-electron chi connectivity index (χ1n) is 5.67. The van der Waals surface area contributed by atoms with Gasteiger partial charge in [0.05, 0.1) is 10.3 Å². The summed E-state index contributed by atoms with van der Waals surface area (Å²) in [7, 11) is -10.3. The van der Waals surface area contributed by atoms with Crippen molar-refractivity contribution in [3.05, 3.63) is 29.6 Å². The van der Waals surface area contributed by atoms with E-state index >= 15 is 0 Å². The van der Waals surface area contributed by atoms with Gasteiger partial charge in [0.1, 0.15) is 10.4 Å². The number of rotatable bonds is 2. The summed E-state index contributed by atoms with van der Waals surface area (Å²) in [6.07, 6.45) is 0. The molecule has 3 aromatic rings. The molecule has 0 spiro atoms. The van der Waals surface area contributed by atoms with Crippen LogP contribution in [0.15, 0.2) is 39.4 Å². The molecule has 1 atom stereocenters. The van der Waals surface area contributed by atoms with Gasteiger partial charge in [0.25, 0.3) is 20.2 Å². The van der Waals surface area contributed by atoms with E-state index in [1.54, 1.807) is 6.07 Å². The highest BCUT2D eigenvalue weighted by atomic mass is 32.2. The van der Waals surface area contributed by atoms with Crippen LogP contribution in [0.25, 0.3) is 21.7 Å². The zero-order valence-corrected chi connectivity index (χ0v) is 13.1. The van der Waals surface area contributed by atoms with Crippen LogP contribution >= 0.6 is 10.9 Å². The van der Waals surface area contributed by atoms with Gasteiger partial charge in [0, 0.05) is 5.39 Å². The van der Waals surface area contributed by atoms with Gasteiger partial charge in [0.2, 0.25) is 0 Å². The maximum Gasteiger partial charge on any atom is 0.295 e. The Morgan fingerprint density at radius 1 is 1.05 bits per heavy atom. The summed E-state index contributed by atoms with van der Waals surface area (Å²) in [6, 6.07) is 4.81. The maximum atomic E-state index is 11.6. The molecule has 0 aliphatic carbocycles. The Morgan fingerprint density at radius 2 is 1.73 bits per heavy atom. The number of nitrogens with zero attached hydrogens (tertiary/aromatic N) is 1. The Kier molecular flexibility index (Phi) is 3.25. The molecule has 3 rings (SSSR count). The molecule has 0 aliphatic rings. The zero-order chi connectivity index (χ0) is 16.3. The van der Waals surface area contributed by atoms with Crippen molar-refractivity contribution in [2.75, 3.05) is 5.14 Å². The molecule has 0 saturated heterocycles. The van der Waals surface area contributed by atoms with Gasteiger partial charge in [-0.25, -0.2) is 0 Å². The third-order valence-corrected chi connectivity index (χ3v) is 5.68. The summed E-state index contributed by atoms with van der Waals surface area (Å²) in [4.78, 5) is -1.26. The van der Waals surface area contributed by atoms with E-state index in [1.165, 1.54) is 11.4 Å². The van der Waals surface area contributed by atoms with Crippen LogP contribution < -0.4 is 5.14 Å². The fourth-order valence-electron chi connectivity index (χ4n) is 2.23. The largest absolute Gasteiger partial charge is 0.295 e. The van der Waals surface area contributed by atoms with Crippen LogP contribution in [0, 0.1) is 0 Å². The van der Waals surface area contributed by atoms with Crippen molar-refractivity contribution < 1.29 is 25.9 Å². The predicted octanol–water partition coefficient (Wildman–Crippen LogP) is 1.34. The van der Waals surface area contributed by atoms with Gasteiger partial charge in [0.15, 0.2) is 16.2 Å². The minimum Gasteiger partial charge on any atom is -0.282 e. The first-order chi connectivity index (χ1) is 10.1. The summed E-state index contributed by atoms with van der Waals surface area (Å²) in [5.41, 5.74) is 0.447. The van der Waals surface area contributed by atoms with Crippen molar-refractivity contribution >= 4 is 52.8 Å². The van der Waals surface area contributed by atoms with Crippen LogP contribution in [-0.4, -0.2) is 30.3 Å². The van der Waals surface area contributed by atoms with E-state index < -0.39 is 40.9 Å². The molecule has 0 bridgehead atoms.